The maximum Gasteiger partial charge on any atom is 0.229 e. The number of hydrogen-bond acceptors (Lipinski definition) is 3. The third-order valence-corrected chi connectivity index (χ3v) is 3.53. The van der Waals surface area contributed by atoms with Gasteiger partial charge < -0.3 is 4.43 Å². The summed E-state index contributed by atoms with van der Waals surface area (Å²) in [4.78, 5) is 9.04. The predicted octanol–water partition coefficient (Wildman–Crippen LogP) is 3.89. The minimum Gasteiger partial charge on any atom is -0.546 e. The number of aliphatic imine (C=N–C) groups is 1. The summed E-state index contributed by atoms with van der Waals surface area (Å²) >= 11 is 0. The SMILES string of the molecule is CC(=Nc1ccccc1O[SiH](C)C)c1cc(C)ccn1. The standard InChI is InChI=1S/C16H20N2OSi/c1-12-9-10-17-15(11-12)13(2)18-14-7-5-6-8-16(14)19-20(3)4/h5-11,20H,1-4H3. The molecule has 0 radical (unpaired) electrons. The number of hydrogen-bond donors (Lipinski definition) is 0. The molecule has 0 unspecified atom stereocenters. The smallest absolute Gasteiger partial charge is 0.229 e. The summed E-state index contributed by atoms with van der Waals surface area (Å²) in [7, 11) is -1.14. The van der Waals surface area contributed by atoms with E-state index < -0.39 is 9.04 Å². The van der Waals surface area contributed by atoms with Gasteiger partial charge in [-0.15, -0.1) is 0 Å². The fraction of sp³-hybridized carbons (Fsp3) is 0.250. The molecule has 0 fully saturated rings. The van der Waals surface area contributed by atoms with Crippen molar-refractivity contribution >= 4 is 20.4 Å². The molecule has 0 bridgehead atoms. The third-order valence-electron chi connectivity index (χ3n) is 2.80. The number of rotatable bonds is 4. The molecule has 1 aromatic heterocycles. The number of nitrogens with zero attached hydrogens (tertiary/aromatic N) is 2. The summed E-state index contributed by atoms with van der Waals surface area (Å²) in [6, 6.07) is 11.9. The van der Waals surface area contributed by atoms with Crippen molar-refractivity contribution in [3.8, 4) is 5.75 Å². The number of aromatic nitrogens is 1. The van der Waals surface area contributed by atoms with Gasteiger partial charge in [0.25, 0.3) is 0 Å². The van der Waals surface area contributed by atoms with Crippen molar-refractivity contribution in [2.45, 2.75) is 26.9 Å². The van der Waals surface area contributed by atoms with Gasteiger partial charge in [0.2, 0.25) is 9.04 Å². The predicted molar refractivity (Wildman–Crippen MR) is 86.8 cm³/mol. The number of benzene rings is 1. The van der Waals surface area contributed by atoms with Crippen LogP contribution < -0.4 is 4.43 Å². The topological polar surface area (TPSA) is 34.5 Å². The third kappa shape index (κ3) is 3.77. The van der Waals surface area contributed by atoms with Crippen molar-refractivity contribution in [3.63, 3.8) is 0 Å². The maximum absolute atomic E-state index is 5.92. The van der Waals surface area contributed by atoms with E-state index in [0.717, 1.165) is 22.8 Å². The first kappa shape index (κ1) is 14.5. The molecule has 0 aliphatic carbocycles. The molecule has 1 heterocycles. The highest BCUT2D eigenvalue weighted by molar-refractivity contribution is 6.49. The highest BCUT2D eigenvalue weighted by atomic mass is 28.3. The van der Waals surface area contributed by atoms with Crippen molar-refractivity contribution in [3.05, 3.63) is 53.9 Å². The summed E-state index contributed by atoms with van der Waals surface area (Å²) in [5.74, 6) is 0.862. The quantitative estimate of drug-likeness (QED) is 0.630. The largest absolute Gasteiger partial charge is 0.546 e. The fourth-order valence-corrected chi connectivity index (χ4v) is 2.58. The Bertz CT molecular complexity index is 623. The second kappa shape index (κ2) is 6.48. The van der Waals surface area contributed by atoms with E-state index >= 15 is 0 Å². The second-order valence-electron chi connectivity index (χ2n) is 5.05. The Hall–Kier alpha value is -1.94. The summed E-state index contributed by atoms with van der Waals surface area (Å²) in [5.41, 5.74) is 3.86. The van der Waals surface area contributed by atoms with Gasteiger partial charge in [0, 0.05) is 6.20 Å². The van der Waals surface area contributed by atoms with Gasteiger partial charge in [0.05, 0.1) is 11.4 Å². The van der Waals surface area contributed by atoms with Crippen LogP contribution in [0.2, 0.25) is 13.1 Å². The van der Waals surface area contributed by atoms with Gasteiger partial charge in [-0.05, 0) is 56.8 Å². The van der Waals surface area contributed by atoms with Crippen LogP contribution >= 0.6 is 0 Å². The van der Waals surface area contributed by atoms with Crippen LogP contribution in [-0.2, 0) is 0 Å². The summed E-state index contributed by atoms with van der Waals surface area (Å²) in [6.45, 7) is 8.33. The molecule has 0 saturated carbocycles. The van der Waals surface area contributed by atoms with E-state index in [1.54, 1.807) is 0 Å². The lowest BCUT2D eigenvalue weighted by atomic mass is 10.2. The van der Waals surface area contributed by atoms with E-state index in [9.17, 15) is 0 Å². The van der Waals surface area contributed by atoms with E-state index in [-0.39, 0.29) is 0 Å². The first-order valence-corrected chi connectivity index (χ1v) is 9.58. The Kier molecular flexibility index (Phi) is 4.68. The van der Waals surface area contributed by atoms with Crippen molar-refractivity contribution in [2.75, 3.05) is 0 Å². The lowest BCUT2D eigenvalue weighted by Crippen LogP contribution is -2.11. The molecular formula is C16H20N2OSi. The van der Waals surface area contributed by atoms with Crippen molar-refractivity contribution < 1.29 is 4.43 Å². The first-order valence-electron chi connectivity index (χ1n) is 6.80. The van der Waals surface area contributed by atoms with Crippen LogP contribution in [0.3, 0.4) is 0 Å². The monoisotopic (exact) mass is 284 g/mol. The molecule has 2 aromatic rings. The van der Waals surface area contributed by atoms with E-state index in [1.807, 2.05) is 49.5 Å². The summed E-state index contributed by atoms with van der Waals surface area (Å²) < 4.78 is 5.92. The second-order valence-corrected chi connectivity index (χ2v) is 7.38. The van der Waals surface area contributed by atoms with Gasteiger partial charge in [0.1, 0.15) is 11.4 Å². The molecule has 104 valence electrons. The summed E-state index contributed by atoms with van der Waals surface area (Å²) in [5, 5.41) is 0. The summed E-state index contributed by atoms with van der Waals surface area (Å²) in [6.07, 6.45) is 1.81. The lowest BCUT2D eigenvalue weighted by Gasteiger charge is -2.12. The van der Waals surface area contributed by atoms with Crippen LogP contribution in [0.15, 0.2) is 47.6 Å². The van der Waals surface area contributed by atoms with Crippen molar-refractivity contribution in [1.29, 1.82) is 0 Å². The van der Waals surface area contributed by atoms with E-state index in [4.69, 9.17) is 4.43 Å². The zero-order valence-electron chi connectivity index (χ0n) is 12.4. The molecule has 3 nitrogen and oxygen atoms in total. The number of para-hydroxylation sites is 2. The zero-order valence-corrected chi connectivity index (χ0v) is 13.6. The molecule has 4 heteroatoms. The molecular weight excluding hydrogens is 264 g/mol. The van der Waals surface area contributed by atoms with Gasteiger partial charge in [-0.25, -0.2) is 4.99 Å². The Morgan fingerprint density at radius 2 is 1.95 bits per heavy atom. The first-order chi connectivity index (χ1) is 9.56. The van der Waals surface area contributed by atoms with Gasteiger partial charge in [-0.1, -0.05) is 12.1 Å². The van der Waals surface area contributed by atoms with Gasteiger partial charge in [-0.3, -0.25) is 4.98 Å². The number of pyridine rings is 1. The zero-order chi connectivity index (χ0) is 14.5. The molecule has 2 rings (SSSR count). The molecule has 0 saturated heterocycles. The molecule has 0 spiro atoms. The Labute approximate surface area is 122 Å². The molecule has 1 aromatic carbocycles. The maximum atomic E-state index is 5.92. The van der Waals surface area contributed by atoms with Crippen LogP contribution in [0, 0.1) is 6.92 Å². The van der Waals surface area contributed by atoms with Crippen LogP contribution in [0.5, 0.6) is 5.75 Å². The number of aryl methyl sites for hydroxylation is 1. The van der Waals surface area contributed by atoms with Crippen molar-refractivity contribution in [2.24, 2.45) is 4.99 Å². The van der Waals surface area contributed by atoms with Crippen LogP contribution in [0.25, 0.3) is 0 Å². The fourth-order valence-electron chi connectivity index (χ4n) is 1.88. The lowest BCUT2D eigenvalue weighted by molar-refractivity contribution is 0.582. The van der Waals surface area contributed by atoms with E-state index in [0.29, 0.717) is 0 Å². The molecule has 0 aliphatic rings. The highest BCUT2D eigenvalue weighted by Crippen LogP contribution is 2.28. The highest BCUT2D eigenvalue weighted by Gasteiger charge is 2.06. The Balaban J connectivity index is 2.35. The normalized spacial score (nSPS) is 11.8. The van der Waals surface area contributed by atoms with Gasteiger partial charge in [0.15, 0.2) is 0 Å². The minimum atomic E-state index is -1.14. The molecule has 0 aliphatic heterocycles. The molecule has 20 heavy (non-hydrogen) atoms. The van der Waals surface area contributed by atoms with Crippen molar-refractivity contribution in [1.82, 2.24) is 4.98 Å². The van der Waals surface area contributed by atoms with Gasteiger partial charge in [-0.2, -0.15) is 0 Å². The molecule has 0 N–H and O–H groups in total. The van der Waals surface area contributed by atoms with E-state index in [1.165, 1.54) is 5.56 Å². The minimum absolute atomic E-state index is 0.862. The Morgan fingerprint density at radius 3 is 2.65 bits per heavy atom. The van der Waals surface area contributed by atoms with E-state index in [2.05, 4.69) is 30.0 Å². The van der Waals surface area contributed by atoms with Gasteiger partial charge >= 0.3 is 0 Å². The average molecular weight is 284 g/mol. The Morgan fingerprint density at radius 1 is 1.20 bits per heavy atom. The molecule has 0 amide bonds. The average Bonchev–Trinajstić information content (AvgIpc) is 2.40. The molecule has 0 atom stereocenters. The van der Waals surface area contributed by atoms with Crippen LogP contribution in [0.1, 0.15) is 18.2 Å². The van der Waals surface area contributed by atoms with Crippen LogP contribution in [0.4, 0.5) is 5.69 Å². The van der Waals surface area contributed by atoms with Crippen LogP contribution in [-0.4, -0.2) is 19.7 Å².